The van der Waals surface area contributed by atoms with Gasteiger partial charge in [-0.1, -0.05) is 45.6 Å². The predicted octanol–water partition coefficient (Wildman–Crippen LogP) is 2.77. The van der Waals surface area contributed by atoms with Crippen molar-refractivity contribution in [3.05, 3.63) is 25.3 Å². The molecule has 0 saturated heterocycles. The first-order chi connectivity index (χ1) is 3.33. The Hall–Kier alpha value is -0.520. The average Bonchev–Trinajstić information content (AvgIpc) is 1.69. The summed E-state index contributed by atoms with van der Waals surface area (Å²) in [6.45, 7) is 11.0. The standard InChI is InChI=1S/C4H6.C3H8/c1-3-4-2;1-3-2/h3-4H,1-2H2;3H2,1-2H3. The molecule has 0 amide bonds. The quantitative estimate of drug-likeness (QED) is 0.442. The Morgan fingerprint density at radius 1 is 1.14 bits per heavy atom. The van der Waals surface area contributed by atoms with Gasteiger partial charge in [0, 0.05) is 0 Å². The molecular formula is C7H14. The van der Waals surface area contributed by atoms with Crippen molar-refractivity contribution in [2.24, 2.45) is 0 Å². The van der Waals surface area contributed by atoms with Crippen LogP contribution < -0.4 is 0 Å². The van der Waals surface area contributed by atoms with Gasteiger partial charge < -0.3 is 0 Å². The van der Waals surface area contributed by atoms with Crippen molar-refractivity contribution in [2.75, 3.05) is 0 Å². The highest BCUT2D eigenvalue weighted by atomic mass is 13.4. The highest BCUT2D eigenvalue weighted by molar-refractivity contribution is 4.88. The molecule has 0 fully saturated rings. The minimum Gasteiger partial charge on any atom is -0.0991 e. The first kappa shape index (κ1) is 9.70. The van der Waals surface area contributed by atoms with Gasteiger partial charge >= 0.3 is 0 Å². The number of hydrogen-bond donors (Lipinski definition) is 0. The molecular weight excluding hydrogens is 84.1 g/mol. The SMILES string of the molecule is C=CC=C.CCC. The van der Waals surface area contributed by atoms with Crippen molar-refractivity contribution < 1.29 is 0 Å². The van der Waals surface area contributed by atoms with Gasteiger partial charge in [0.15, 0.2) is 0 Å². The summed E-state index contributed by atoms with van der Waals surface area (Å²) in [7, 11) is 0. The van der Waals surface area contributed by atoms with E-state index in [0.717, 1.165) is 0 Å². The van der Waals surface area contributed by atoms with Gasteiger partial charge in [-0.2, -0.15) is 0 Å². The summed E-state index contributed by atoms with van der Waals surface area (Å²) in [6.07, 6.45) is 4.53. The molecule has 0 saturated carbocycles. The summed E-state index contributed by atoms with van der Waals surface area (Å²) in [5, 5.41) is 0. The van der Waals surface area contributed by atoms with E-state index >= 15 is 0 Å². The second-order valence-electron chi connectivity index (χ2n) is 1.18. The van der Waals surface area contributed by atoms with E-state index in [9.17, 15) is 0 Å². The summed E-state index contributed by atoms with van der Waals surface area (Å²) < 4.78 is 0. The summed E-state index contributed by atoms with van der Waals surface area (Å²) >= 11 is 0. The lowest BCUT2D eigenvalue weighted by Gasteiger charge is -1.48. The average molecular weight is 98.2 g/mol. The van der Waals surface area contributed by atoms with Crippen molar-refractivity contribution in [1.82, 2.24) is 0 Å². The molecule has 0 spiro atoms. The molecule has 0 atom stereocenters. The van der Waals surface area contributed by atoms with Crippen molar-refractivity contribution in [1.29, 1.82) is 0 Å². The third-order valence-corrected chi connectivity index (χ3v) is 0.167. The maximum Gasteiger partial charge on any atom is -0.0590 e. The van der Waals surface area contributed by atoms with Crippen molar-refractivity contribution in [3.63, 3.8) is 0 Å². The Bertz CT molecular complexity index is 29.3. The van der Waals surface area contributed by atoms with E-state index in [1.165, 1.54) is 6.42 Å². The molecule has 0 aromatic heterocycles. The molecule has 0 heteroatoms. The molecule has 0 aliphatic rings. The minimum atomic E-state index is 1.25. The fourth-order valence-electron chi connectivity index (χ4n) is 0. The zero-order valence-electron chi connectivity index (χ0n) is 5.28. The largest absolute Gasteiger partial charge is 0.0991 e. The highest BCUT2D eigenvalue weighted by Gasteiger charge is 1.35. The Labute approximate surface area is 46.6 Å². The Morgan fingerprint density at radius 3 is 1.29 bits per heavy atom. The summed E-state index contributed by atoms with van der Waals surface area (Å²) in [4.78, 5) is 0. The molecule has 0 rings (SSSR count). The predicted molar refractivity (Wildman–Crippen MR) is 36.4 cm³/mol. The minimum absolute atomic E-state index is 1.25. The molecule has 0 radical (unpaired) electrons. The molecule has 0 aromatic rings. The third-order valence-electron chi connectivity index (χ3n) is 0.167. The molecule has 7 heavy (non-hydrogen) atoms. The fraction of sp³-hybridized carbons (Fsp3) is 0.429. The van der Waals surface area contributed by atoms with Gasteiger partial charge in [-0.05, 0) is 0 Å². The van der Waals surface area contributed by atoms with E-state index in [2.05, 4.69) is 27.0 Å². The van der Waals surface area contributed by atoms with E-state index in [1.807, 2.05) is 0 Å². The van der Waals surface area contributed by atoms with E-state index in [-0.39, 0.29) is 0 Å². The van der Waals surface area contributed by atoms with Crippen LogP contribution >= 0.6 is 0 Å². The lowest BCUT2D eigenvalue weighted by Crippen LogP contribution is -1.27. The molecule has 0 aliphatic carbocycles. The molecule has 0 nitrogen and oxygen atoms in total. The highest BCUT2D eigenvalue weighted by Crippen LogP contribution is 1.56. The summed E-state index contributed by atoms with van der Waals surface area (Å²) in [5.41, 5.74) is 0. The maximum atomic E-state index is 3.36. The third kappa shape index (κ3) is 288. The molecule has 0 unspecified atom stereocenters. The Balaban J connectivity index is 0. The second-order valence-corrected chi connectivity index (χ2v) is 1.18. The fourth-order valence-corrected chi connectivity index (χ4v) is 0. The Kier molecular flexibility index (Phi) is 24.8. The summed E-state index contributed by atoms with van der Waals surface area (Å²) in [5.74, 6) is 0. The van der Waals surface area contributed by atoms with Gasteiger partial charge in [-0.15, -0.1) is 0 Å². The molecule has 0 aromatic carbocycles. The van der Waals surface area contributed by atoms with Gasteiger partial charge in [0.05, 0.1) is 0 Å². The van der Waals surface area contributed by atoms with E-state index < -0.39 is 0 Å². The lowest BCUT2D eigenvalue weighted by molar-refractivity contribution is 1.09. The normalized spacial score (nSPS) is 5.43. The van der Waals surface area contributed by atoms with Gasteiger partial charge in [0.2, 0.25) is 0 Å². The second kappa shape index (κ2) is 17.9. The van der Waals surface area contributed by atoms with Crippen LogP contribution in [0.4, 0.5) is 0 Å². The van der Waals surface area contributed by atoms with Crippen LogP contribution in [0.5, 0.6) is 0 Å². The van der Waals surface area contributed by atoms with Crippen LogP contribution in [0.25, 0.3) is 0 Å². The molecule has 42 valence electrons. The smallest absolute Gasteiger partial charge is 0.0590 e. The van der Waals surface area contributed by atoms with Crippen molar-refractivity contribution in [2.45, 2.75) is 20.3 Å². The molecule has 0 heterocycles. The van der Waals surface area contributed by atoms with Crippen LogP contribution in [0.15, 0.2) is 25.3 Å². The van der Waals surface area contributed by atoms with Crippen LogP contribution in [-0.4, -0.2) is 0 Å². The molecule has 0 N–H and O–H groups in total. The van der Waals surface area contributed by atoms with Crippen LogP contribution in [0.3, 0.4) is 0 Å². The monoisotopic (exact) mass is 98.1 g/mol. The Morgan fingerprint density at radius 2 is 1.29 bits per heavy atom. The van der Waals surface area contributed by atoms with Gasteiger partial charge in [0.25, 0.3) is 0 Å². The van der Waals surface area contributed by atoms with E-state index in [0.29, 0.717) is 0 Å². The zero-order valence-corrected chi connectivity index (χ0v) is 5.28. The number of rotatable bonds is 1. The van der Waals surface area contributed by atoms with Crippen molar-refractivity contribution >= 4 is 0 Å². The molecule has 0 bridgehead atoms. The van der Waals surface area contributed by atoms with Crippen LogP contribution in [0, 0.1) is 0 Å². The first-order valence-electron chi connectivity index (χ1n) is 2.56. The topological polar surface area (TPSA) is 0 Å². The zero-order chi connectivity index (χ0) is 6.12. The number of allylic oxidation sites excluding steroid dienone is 2. The van der Waals surface area contributed by atoms with Crippen LogP contribution in [0.1, 0.15) is 20.3 Å². The van der Waals surface area contributed by atoms with Gasteiger partial charge in [-0.25, -0.2) is 0 Å². The van der Waals surface area contributed by atoms with Crippen LogP contribution in [0.2, 0.25) is 0 Å². The number of hydrogen-bond acceptors (Lipinski definition) is 0. The lowest BCUT2D eigenvalue weighted by atomic mass is 10.6. The van der Waals surface area contributed by atoms with E-state index in [4.69, 9.17) is 0 Å². The van der Waals surface area contributed by atoms with Gasteiger partial charge in [-0.3, -0.25) is 0 Å². The van der Waals surface area contributed by atoms with E-state index in [1.54, 1.807) is 12.2 Å². The van der Waals surface area contributed by atoms with Gasteiger partial charge in [0.1, 0.15) is 0 Å². The molecule has 0 aliphatic heterocycles. The van der Waals surface area contributed by atoms with Crippen LogP contribution in [-0.2, 0) is 0 Å². The maximum absolute atomic E-state index is 3.36. The first-order valence-corrected chi connectivity index (χ1v) is 2.56. The van der Waals surface area contributed by atoms with Crippen molar-refractivity contribution in [3.8, 4) is 0 Å². The summed E-state index contributed by atoms with van der Waals surface area (Å²) in [6, 6.07) is 0.